The standard InChI is InChI=1S/C19H23N3S/c1-13-2-7-16-17(13)18(22-12-21-16)14-3-5-15(6-4-14)19(23)8-10-20-11-9-19/h3-6,12-13,20,23H,2,7-11H2,1H3. The molecule has 2 heterocycles. The Balaban J connectivity index is 1.68. The zero-order chi connectivity index (χ0) is 15.9. The summed E-state index contributed by atoms with van der Waals surface area (Å²) in [4.78, 5) is 9.06. The molecule has 23 heavy (non-hydrogen) atoms. The molecular formula is C19H23N3S. The molecule has 2 aromatic rings. The number of aryl methyl sites for hydroxylation is 1. The molecule has 120 valence electrons. The van der Waals surface area contributed by atoms with Gasteiger partial charge in [-0.05, 0) is 50.3 Å². The number of hydrogen-bond donors (Lipinski definition) is 2. The van der Waals surface area contributed by atoms with Gasteiger partial charge in [0.2, 0.25) is 0 Å². The van der Waals surface area contributed by atoms with Crippen LogP contribution in [0.2, 0.25) is 0 Å². The molecule has 4 rings (SSSR count). The fourth-order valence-electron chi connectivity index (χ4n) is 3.94. The highest BCUT2D eigenvalue weighted by Gasteiger charge is 2.30. The van der Waals surface area contributed by atoms with Crippen molar-refractivity contribution in [2.75, 3.05) is 13.1 Å². The van der Waals surface area contributed by atoms with Crippen molar-refractivity contribution in [3.8, 4) is 11.3 Å². The predicted molar refractivity (Wildman–Crippen MR) is 97.0 cm³/mol. The lowest BCUT2D eigenvalue weighted by molar-refractivity contribution is 0.427. The van der Waals surface area contributed by atoms with Crippen LogP contribution in [0.15, 0.2) is 30.6 Å². The number of benzene rings is 1. The highest BCUT2D eigenvalue weighted by atomic mass is 32.1. The van der Waals surface area contributed by atoms with E-state index < -0.39 is 0 Å². The Hall–Kier alpha value is -1.39. The largest absolute Gasteiger partial charge is 0.317 e. The lowest BCUT2D eigenvalue weighted by atomic mass is 9.88. The zero-order valence-electron chi connectivity index (χ0n) is 13.5. The third-order valence-corrected chi connectivity index (χ3v) is 6.11. The number of rotatable bonds is 2. The number of hydrogen-bond acceptors (Lipinski definition) is 4. The summed E-state index contributed by atoms with van der Waals surface area (Å²) >= 11 is 4.97. The molecule has 1 aliphatic carbocycles. The first-order valence-electron chi connectivity index (χ1n) is 8.55. The highest BCUT2D eigenvalue weighted by Crippen LogP contribution is 2.40. The van der Waals surface area contributed by atoms with E-state index in [1.165, 1.54) is 28.8 Å². The van der Waals surface area contributed by atoms with Gasteiger partial charge in [0.15, 0.2) is 0 Å². The van der Waals surface area contributed by atoms with Crippen LogP contribution >= 0.6 is 12.6 Å². The number of nitrogens with zero attached hydrogens (tertiary/aromatic N) is 2. The molecule has 1 atom stereocenters. The van der Waals surface area contributed by atoms with Gasteiger partial charge in [-0.25, -0.2) is 9.97 Å². The minimum Gasteiger partial charge on any atom is -0.317 e. The van der Waals surface area contributed by atoms with E-state index in [2.05, 4.69) is 46.5 Å². The van der Waals surface area contributed by atoms with Crippen LogP contribution in [0.25, 0.3) is 11.3 Å². The second-order valence-electron chi connectivity index (χ2n) is 6.88. The summed E-state index contributed by atoms with van der Waals surface area (Å²) in [5, 5.41) is 3.41. The molecule has 1 aromatic heterocycles. The molecule has 0 radical (unpaired) electrons. The van der Waals surface area contributed by atoms with Crippen molar-refractivity contribution >= 4 is 12.6 Å². The summed E-state index contributed by atoms with van der Waals surface area (Å²) in [7, 11) is 0. The Morgan fingerprint density at radius 2 is 1.87 bits per heavy atom. The van der Waals surface area contributed by atoms with Gasteiger partial charge in [-0.3, -0.25) is 0 Å². The molecule has 1 aliphatic heterocycles. The van der Waals surface area contributed by atoms with Gasteiger partial charge in [-0.2, -0.15) is 12.6 Å². The number of aromatic nitrogens is 2. The van der Waals surface area contributed by atoms with E-state index in [1.54, 1.807) is 6.33 Å². The summed E-state index contributed by atoms with van der Waals surface area (Å²) in [6, 6.07) is 8.90. The molecule has 0 spiro atoms. The summed E-state index contributed by atoms with van der Waals surface area (Å²) in [5.41, 5.74) is 6.22. The van der Waals surface area contributed by atoms with Gasteiger partial charge in [-0.1, -0.05) is 31.2 Å². The number of fused-ring (bicyclic) bond motifs is 1. The first kappa shape index (κ1) is 15.2. The first-order valence-corrected chi connectivity index (χ1v) is 9.00. The predicted octanol–water partition coefficient (Wildman–Crippen LogP) is 3.70. The van der Waals surface area contributed by atoms with Gasteiger partial charge in [-0.15, -0.1) is 0 Å². The topological polar surface area (TPSA) is 37.8 Å². The third-order valence-electron chi connectivity index (χ3n) is 5.40. The Labute approximate surface area is 143 Å². The quantitative estimate of drug-likeness (QED) is 0.827. The molecule has 1 N–H and O–H groups in total. The number of piperidine rings is 1. The molecular weight excluding hydrogens is 302 g/mol. The van der Waals surface area contributed by atoms with Crippen molar-refractivity contribution in [3.63, 3.8) is 0 Å². The van der Waals surface area contributed by atoms with Gasteiger partial charge in [0.1, 0.15) is 6.33 Å². The average Bonchev–Trinajstić information content (AvgIpc) is 2.97. The molecule has 1 unspecified atom stereocenters. The fraction of sp³-hybridized carbons (Fsp3) is 0.474. The zero-order valence-corrected chi connectivity index (χ0v) is 14.4. The fourth-order valence-corrected chi connectivity index (χ4v) is 4.32. The van der Waals surface area contributed by atoms with E-state index >= 15 is 0 Å². The van der Waals surface area contributed by atoms with Crippen molar-refractivity contribution in [1.29, 1.82) is 0 Å². The molecule has 1 aromatic carbocycles. The molecule has 0 bridgehead atoms. The monoisotopic (exact) mass is 325 g/mol. The molecule has 0 saturated carbocycles. The van der Waals surface area contributed by atoms with Crippen LogP contribution in [0.1, 0.15) is 48.9 Å². The second kappa shape index (κ2) is 5.91. The minimum absolute atomic E-state index is 0.00465. The van der Waals surface area contributed by atoms with E-state index in [0.29, 0.717) is 5.92 Å². The summed E-state index contributed by atoms with van der Waals surface area (Å²) < 4.78 is 0.00465. The second-order valence-corrected chi connectivity index (χ2v) is 7.74. The molecule has 1 fully saturated rings. The third kappa shape index (κ3) is 2.68. The van der Waals surface area contributed by atoms with Crippen molar-refractivity contribution in [2.45, 2.75) is 43.3 Å². The van der Waals surface area contributed by atoms with Crippen molar-refractivity contribution < 1.29 is 0 Å². The van der Waals surface area contributed by atoms with E-state index in [-0.39, 0.29) is 4.75 Å². The van der Waals surface area contributed by atoms with Crippen LogP contribution in [0.3, 0.4) is 0 Å². The van der Waals surface area contributed by atoms with Crippen LogP contribution < -0.4 is 5.32 Å². The summed E-state index contributed by atoms with van der Waals surface area (Å²) in [5.74, 6) is 0.557. The van der Waals surface area contributed by atoms with E-state index in [4.69, 9.17) is 12.6 Å². The molecule has 0 amide bonds. The molecule has 1 saturated heterocycles. The minimum atomic E-state index is 0.00465. The maximum atomic E-state index is 4.97. The lowest BCUT2D eigenvalue weighted by Gasteiger charge is -2.33. The van der Waals surface area contributed by atoms with Gasteiger partial charge < -0.3 is 5.32 Å². The molecule has 4 heteroatoms. The Morgan fingerprint density at radius 3 is 2.61 bits per heavy atom. The van der Waals surface area contributed by atoms with E-state index in [9.17, 15) is 0 Å². The van der Waals surface area contributed by atoms with E-state index in [0.717, 1.165) is 38.0 Å². The van der Waals surface area contributed by atoms with Crippen molar-refractivity contribution in [2.24, 2.45) is 0 Å². The lowest BCUT2D eigenvalue weighted by Crippen LogP contribution is -2.36. The number of nitrogens with one attached hydrogen (secondary N) is 1. The average molecular weight is 325 g/mol. The maximum absolute atomic E-state index is 4.97. The Morgan fingerprint density at radius 1 is 1.13 bits per heavy atom. The highest BCUT2D eigenvalue weighted by molar-refractivity contribution is 7.81. The van der Waals surface area contributed by atoms with Crippen molar-refractivity contribution in [3.05, 3.63) is 47.4 Å². The summed E-state index contributed by atoms with van der Waals surface area (Å²) in [6.07, 6.45) is 6.14. The van der Waals surface area contributed by atoms with Crippen LogP contribution in [-0.4, -0.2) is 23.1 Å². The van der Waals surface area contributed by atoms with Gasteiger partial charge in [0.25, 0.3) is 0 Å². The first-order chi connectivity index (χ1) is 11.2. The van der Waals surface area contributed by atoms with Crippen LogP contribution in [-0.2, 0) is 11.2 Å². The van der Waals surface area contributed by atoms with Crippen LogP contribution in [0.5, 0.6) is 0 Å². The van der Waals surface area contributed by atoms with E-state index in [1.807, 2.05) is 0 Å². The Bertz CT molecular complexity index is 705. The van der Waals surface area contributed by atoms with Crippen LogP contribution in [0, 0.1) is 0 Å². The maximum Gasteiger partial charge on any atom is 0.116 e. The van der Waals surface area contributed by atoms with Gasteiger partial charge >= 0.3 is 0 Å². The molecule has 3 nitrogen and oxygen atoms in total. The van der Waals surface area contributed by atoms with Gasteiger partial charge in [0.05, 0.1) is 5.69 Å². The smallest absolute Gasteiger partial charge is 0.116 e. The molecule has 2 aliphatic rings. The van der Waals surface area contributed by atoms with Crippen LogP contribution in [0.4, 0.5) is 0 Å². The normalized spacial score (nSPS) is 22.8. The Kier molecular flexibility index (Phi) is 3.90. The van der Waals surface area contributed by atoms with Gasteiger partial charge in [0, 0.05) is 21.6 Å². The summed E-state index contributed by atoms with van der Waals surface area (Å²) in [6.45, 7) is 4.37. The number of thiol groups is 1. The van der Waals surface area contributed by atoms with Crippen molar-refractivity contribution in [1.82, 2.24) is 15.3 Å². The SMILES string of the molecule is CC1CCc2ncnc(-c3ccc(C4(S)CCNCC4)cc3)c21.